The van der Waals surface area contributed by atoms with Gasteiger partial charge in [-0.2, -0.15) is 0 Å². The molecule has 2 aromatic rings. The molecular formula is C13H18N4O. The van der Waals surface area contributed by atoms with Gasteiger partial charge in [0.2, 0.25) is 0 Å². The third-order valence-electron chi connectivity index (χ3n) is 2.83. The van der Waals surface area contributed by atoms with Crippen molar-refractivity contribution in [3.8, 4) is 5.69 Å². The van der Waals surface area contributed by atoms with Crippen molar-refractivity contribution in [2.45, 2.75) is 26.5 Å². The number of nitrogens with zero attached hydrogens (tertiary/aromatic N) is 3. The normalized spacial score (nSPS) is 12.7. The van der Waals surface area contributed by atoms with Gasteiger partial charge < -0.3 is 10.5 Å². The van der Waals surface area contributed by atoms with Crippen LogP contribution in [0.2, 0.25) is 0 Å². The van der Waals surface area contributed by atoms with Crippen molar-refractivity contribution in [1.29, 1.82) is 0 Å². The molecule has 0 aliphatic heterocycles. The summed E-state index contributed by atoms with van der Waals surface area (Å²) in [7, 11) is 1.68. The zero-order chi connectivity index (χ0) is 13.1. The molecule has 1 heterocycles. The van der Waals surface area contributed by atoms with Crippen LogP contribution in [0.3, 0.4) is 0 Å². The molecule has 0 aliphatic carbocycles. The summed E-state index contributed by atoms with van der Waals surface area (Å²) < 4.78 is 6.93. The minimum Gasteiger partial charge on any atom is -0.380 e. The van der Waals surface area contributed by atoms with Crippen molar-refractivity contribution in [1.82, 2.24) is 15.0 Å². The second kappa shape index (κ2) is 5.29. The molecule has 0 bridgehead atoms. The summed E-state index contributed by atoms with van der Waals surface area (Å²) in [5, 5.41) is 8.28. The van der Waals surface area contributed by atoms with Crippen LogP contribution >= 0.6 is 0 Å². The molecule has 0 spiro atoms. The highest BCUT2D eigenvalue weighted by Crippen LogP contribution is 2.17. The van der Waals surface area contributed by atoms with E-state index in [1.54, 1.807) is 11.8 Å². The molecule has 0 radical (unpaired) electrons. The van der Waals surface area contributed by atoms with Crippen LogP contribution in [-0.2, 0) is 11.3 Å². The Morgan fingerprint density at radius 1 is 1.44 bits per heavy atom. The highest BCUT2D eigenvalue weighted by Gasteiger charge is 2.13. The Morgan fingerprint density at radius 2 is 2.22 bits per heavy atom. The van der Waals surface area contributed by atoms with Crippen molar-refractivity contribution in [2.24, 2.45) is 5.73 Å². The van der Waals surface area contributed by atoms with Gasteiger partial charge in [0.15, 0.2) is 0 Å². The zero-order valence-corrected chi connectivity index (χ0v) is 10.9. The van der Waals surface area contributed by atoms with Gasteiger partial charge in [-0.05, 0) is 31.5 Å². The van der Waals surface area contributed by atoms with E-state index in [2.05, 4.69) is 10.3 Å². The van der Waals surface area contributed by atoms with Crippen LogP contribution in [0.15, 0.2) is 24.3 Å². The van der Waals surface area contributed by atoms with E-state index in [1.165, 1.54) is 0 Å². The second-order valence-corrected chi connectivity index (χ2v) is 4.36. The van der Waals surface area contributed by atoms with Crippen molar-refractivity contribution < 1.29 is 4.74 Å². The fourth-order valence-electron chi connectivity index (χ4n) is 1.95. The summed E-state index contributed by atoms with van der Waals surface area (Å²) in [4.78, 5) is 0. The Labute approximate surface area is 107 Å². The average molecular weight is 246 g/mol. The van der Waals surface area contributed by atoms with Crippen molar-refractivity contribution in [3.63, 3.8) is 0 Å². The molecule has 0 aliphatic rings. The summed E-state index contributed by atoms with van der Waals surface area (Å²) in [6.45, 7) is 4.46. The Morgan fingerprint density at radius 3 is 2.83 bits per heavy atom. The lowest BCUT2D eigenvalue weighted by atomic mass is 10.2. The number of methoxy groups -OCH3 is 1. The molecule has 2 rings (SSSR count). The van der Waals surface area contributed by atoms with E-state index in [9.17, 15) is 0 Å². The van der Waals surface area contributed by atoms with Crippen molar-refractivity contribution in [2.75, 3.05) is 7.11 Å². The van der Waals surface area contributed by atoms with Crippen molar-refractivity contribution in [3.05, 3.63) is 41.2 Å². The Kier molecular flexibility index (Phi) is 3.74. The van der Waals surface area contributed by atoms with Gasteiger partial charge >= 0.3 is 0 Å². The summed E-state index contributed by atoms with van der Waals surface area (Å²) in [6.07, 6.45) is 0. The first-order valence-corrected chi connectivity index (χ1v) is 5.89. The summed E-state index contributed by atoms with van der Waals surface area (Å²) in [5.74, 6) is 0. The number of benzene rings is 1. The van der Waals surface area contributed by atoms with Crippen LogP contribution in [0.1, 0.15) is 29.9 Å². The maximum atomic E-state index is 5.85. The first kappa shape index (κ1) is 12.7. The fourth-order valence-corrected chi connectivity index (χ4v) is 1.95. The van der Waals surface area contributed by atoms with Gasteiger partial charge in [0.1, 0.15) is 5.69 Å². The van der Waals surface area contributed by atoms with Gasteiger partial charge in [-0.3, -0.25) is 0 Å². The van der Waals surface area contributed by atoms with Crippen LogP contribution in [0, 0.1) is 6.92 Å². The first-order valence-electron chi connectivity index (χ1n) is 5.89. The number of rotatable bonds is 4. The first-order chi connectivity index (χ1) is 8.63. The molecule has 96 valence electrons. The lowest BCUT2D eigenvalue weighted by molar-refractivity contribution is 0.185. The molecule has 0 saturated heterocycles. The fraction of sp³-hybridized carbons (Fsp3) is 0.385. The number of nitrogens with two attached hydrogens (primary N) is 1. The van der Waals surface area contributed by atoms with Crippen LogP contribution in [0.4, 0.5) is 0 Å². The largest absolute Gasteiger partial charge is 0.380 e. The minimum atomic E-state index is -0.110. The molecule has 1 aromatic carbocycles. The van der Waals surface area contributed by atoms with E-state index in [0.29, 0.717) is 6.61 Å². The number of hydrogen-bond donors (Lipinski definition) is 1. The quantitative estimate of drug-likeness (QED) is 0.892. The molecule has 0 amide bonds. The van der Waals surface area contributed by atoms with Crippen molar-refractivity contribution >= 4 is 0 Å². The van der Waals surface area contributed by atoms with E-state index in [1.807, 2.05) is 38.1 Å². The molecule has 1 aromatic heterocycles. The number of ether oxygens (including phenoxy) is 1. The standard InChI is InChI=1S/C13H18N4O/c1-9(14)13-10(2)17(16-15-13)12-6-4-5-11(7-12)8-18-3/h4-7,9H,8,14H2,1-3H3. The third-order valence-corrected chi connectivity index (χ3v) is 2.83. The molecule has 5 heteroatoms. The summed E-state index contributed by atoms with van der Waals surface area (Å²) in [5.41, 5.74) is 9.72. The SMILES string of the molecule is COCc1cccc(-n2nnc(C(C)N)c2C)c1. The molecule has 0 saturated carbocycles. The highest BCUT2D eigenvalue weighted by molar-refractivity contribution is 5.37. The minimum absolute atomic E-state index is 0.110. The molecule has 0 fully saturated rings. The maximum absolute atomic E-state index is 5.85. The van der Waals surface area contributed by atoms with Crippen LogP contribution in [0.25, 0.3) is 5.69 Å². The predicted octanol–water partition coefficient (Wildman–Crippen LogP) is 1.74. The van der Waals surface area contributed by atoms with E-state index in [0.717, 1.165) is 22.6 Å². The van der Waals surface area contributed by atoms with Gasteiger partial charge in [-0.25, -0.2) is 4.68 Å². The van der Waals surface area contributed by atoms with Gasteiger partial charge in [-0.15, -0.1) is 5.10 Å². The molecule has 1 unspecified atom stereocenters. The Balaban J connectivity index is 2.39. The molecule has 2 N–H and O–H groups in total. The molecule has 5 nitrogen and oxygen atoms in total. The topological polar surface area (TPSA) is 66.0 Å². The zero-order valence-electron chi connectivity index (χ0n) is 10.9. The highest BCUT2D eigenvalue weighted by atomic mass is 16.5. The molecule has 18 heavy (non-hydrogen) atoms. The number of hydrogen-bond acceptors (Lipinski definition) is 4. The number of aromatic nitrogens is 3. The van der Waals surface area contributed by atoms with Gasteiger partial charge in [-0.1, -0.05) is 17.3 Å². The van der Waals surface area contributed by atoms with E-state index < -0.39 is 0 Å². The second-order valence-electron chi connectivity index (χ2n) is 4.36. The predicted molar refractivity (Wildman–Crippen MR) is 69.4 cm³/mol. The van der Waals surface area contributed by atoms with Crippen LogP contribution in [-0.4, -0.2) is 22.1 Å². The lowest BCUT2D eigenvalue weighted by Crippen LogP contribution is -2.08. The molecular weight excluding hydrogens is 228 g/mol. The summed E-state index contributed by atoms with van der Waals surface area (Å²) in [6, 6.07) is 7.92. The average Bonchev–Trinajstić information content (AvgIpc) is 2.72. The summed E-state index contributed by atoms with van der Waals surface area (Å²) >= 11 is 0. The lowest BCUT2D eigenvalue weighted by Gasteiger charge is -2.07. The Hall–Kier alpha value is -1.72. The Bertz CT molecular complexity index is 534. The van der Waals surface area contributed by atoms with Gasteiger partial charge in [0.25, 0.3) is 0 Å². The van der Waals surface area contributed by atoms with Gasteiger partial charge in [0, 0.05) is 13.2 Å². The van der Waals surface area contributed by atoms with E-state index >= 15 is 0 Å². The maximum Gasteiger partial charge on any atom is 0.102 e. The van der Waals surface area contributed by atoms with E-state index in [-0.39, 0.29) is 6.04 Å². The van der Waals surface area contributed by atoms with Crippen LogP contribution < -0.4 is 5.73 Å². The van der Waals surface area contributed by atoms with E-state index in [4.69, 9.17) is 10.5 Å². The van der Waals surface area contributed by atoms with Crippen LogP contribution in [0.5, 0.6) is 0 Å². The van der Waals surface area contributed by atoms with Gasteiger partial charge in [0.05, 0.1) is 18.0 Å². The third kappa shape index (κ3) is 2.42. The molecule has 1 atom stereocenters. The smallest absolute Gasteiger partial charge is 0.102 e. The monoisotopic (exact) mass is 246 g/mol.